The lowest BCUT2D eigenvalue weighted by atomic mass is 10.2. The van der Waals surface area contributed by atoms with Crippen LogP contribution < -0.4 is 5.73 Å². The number of carbonyl (C=O) groups is 1. The average Bonchev–Trinajstić information content (AvgIpc) is 2.38. The third-order valence-electron chi connectivity index (χ3n) is 3.08. The second-order valence-corrected chi connectivity index (χ2v) is 8.05. The Morgan fingerprint density at radius 1 is 1.50 bits per heavy atom. The van der Waals surface area contributed by atoms with E-state index in [9.17, 15) is 13.2 Å². The molecule has 1 aromatic rings. The Kier molecular flexibility index (Phi) is 4.26. The number of rotatable bonds is 3. The Bertz CT molecular complexity index is 630. The van der Waals surface area contributed by atoms with Crippen molar-refractivity contribution in [1.82, 2.24) is 4.31 Å². The average molecular weight is 316 g/mol. The predicted octanol–water partition coefficient (Wildman–Crippen LogP) is 1.09. The molecular formula is C12H16N2O4S2. The summed E-state index contributed by atoms with van der Waals surface area (Å²) < 4.78 is 26.5. The van der Waals surface area contributed by atoms with Gasteiger partial charge in [0.05, 0.1) is 11.3 Å². The number of carboxylic acid groups (broad SMARTS) is 1. The standard InChI is InChI=1S/C12H16N2O4S2/c1-8-7-14(4-5-19-8)20(17,18)11-3-2-9(12(15)16)6-10(11)13/h2-3,6,8H,4-5,7,13H2,1H3,(H,15,16). The predicted molar refractivity (Wildman–Crippen MR) is 78.5 cm³/mol. The highest BCUT2D eigenvalue weighted by atomic mass is 32.2. The maximum atomic E-state index is 12.5. The highest BCUT2D eigenvalue weighted by Crippen LogP contribution is 2.27. The molecule has 110 valence electrons. The molecule has 0 aliphatic carbocycles. The van der Waals surface area contributed by atoms with Crippen molar-refractivity contribution in [2.24, 2.45) is 0 Å². The molecule has 1 saturated heterocycles. The highest BCUT2D eigenvalue weighted by molar-refractivity contribution is 8.00. The first-order valence-electron chi connectivity index (χ1n) is 6.07. The fraction of sp³-hybridized carbons (Fsp3) is 0.417. The van der Waals surface area contributed by atoms with E-state index in [0.29, 0.717) is 13.1 Å². The molecular weight excluding hydrogens is 300 g/mol. The van der Waals surface area contributed by atoms with Gasteiger partial charge in [-0.1, -0.05) is 6.92 Å². The van der Waals surface area contributed by atoms with Crippen molar-refractivity contribution in [2.75, 3.05) is 24.6 Å². The van der Waals surface area contributed by atoms with E-state index >= 15 is 0 Å². The van der Waals surface area contributed by atoms with Gasteiger partial charge in [-0.25, -0.2) is 13.2 Å². The molecule has 0 spiro atoms. The molecule has 0 aromatic heterocycles. The number of benzene rings is 1. The quantitative estimate of drug-likeness (QED) is 0.810. The van der Waals surface area contributed by atoms with Gasteiger partial charge in [-0.15, -0.1) is 0 Å². The largest absolute Gasteiger partial charge is 0.478 e. The number of hydrogen-bond donors (Lipinski definition) is 2. The fourth-order valence-electron chi connectivity index (χ4n) is 2.06. The van der Waals surface area contributed by atoms with Crippen LogP contribution in [0.2, 0.25) is 0 Å². The van der Waals surface area contributed by atoms with Gasteiger partial charge in [0, 0.05) is 24.1 Å². The van der Waals surface area contributed by atoms with Crippen LogP contribution in [0, 0.1) is 0 Å². The van der Waals surface area contributed by atoms with Gasteiger partial charge in [-0.2, -0.15) is 16.1 Å². The van der Waals surface area contributed by atoms with Crippen molar-refractivity contribution in [3.8, 4) is 0 Å². The Labute approximate surface area is 122 Å². The molecule has 1 atom stereocenters. The molecule has 20 heavy (non-hydrogen) atoms. The summed E-state index contributed by atoms with van der Waals surface area (Å²) >= 11 is 1.73. The van der Waals surface area contributed by atoms with Gasteiger partial charge in [0.2, 0.25) is 10.0 Å². The minimum atomic E-state index is -3.67. The summed E-state index contributed by atoms with van der Waals surface area (Å²) in [6.07, 6.45) is 0. The summed E-state index contributed by atoms with van der Waals surface area (Å²) in [5.41, 5.74) is 5.66. The molecule has 2 rings (SSSR count). The molecule has 0 saturated carbocycles. The number of carboxylic acids is 1. The van der Waals surface area contributed by atoms with Gasteiger partial charge in [0.1, 0.15) is 4.90 Å². The van der Waals surface area contributed by atoms with E-state index in [1.807, 2.05) is 6.92 Å². The monoisotopic (exact) mass is 316 g/mol. The van der Waals surface area contributed by atoms with E-state index in [1.54, 1.807) is 11.8 Å². The van der Waals surface area contributed by atoms with E-state index in [-0.39, 0.29) is 21.4 Å². The zero-order valence-electron chi connectivity index (χ0n) is 10.9. The number of thioether (sulfide) groups is 1. The van der Waals surface area contributed by atoms with Gasteiger partial charge >= 0.3 is 5.97 Å². The summed E-state index contributed by atoms with van der Waals surface area (Å²) in [6, 6.07) is 3.70. The van der Waals surface area contributed by atoms with E-state index in [2.05, 4.69) is 0 Å². The molecule has 1 aromatic carbocycles. The Balaban J connectivity index is 2.36. The molecule has 0 bridgehead atoms. The van der Waals surface area contributed by atoms with Crippen LogP contribution >= 0.6 is 11.8 Å². The number of nitrogens with zero attached hydrogens (tertiary/aromatic N) is 1. The molecule has 1 unspecified atom stereocenters. The smallest absolute Gasteiger partial charge is 0.335 e. The molecule has 0 amide bonds. The maximum absolute atomic E-state index is 12.5. The van der Waals surface area contributed by atoms with Gasteiger partial charge < -0.3 is 10.8 Å². The van der Waals surface area contributed by atoms with Crippen molar-refractivity contribution < 1.29 is 18.3 Å². The molecule has 1 aliphatic rings. The zero-order chi connectivity index (χ0) is 14.9. The minimum absolute atomic E-state index is 0.0241. The molecule has 1 aliphatic heterocycles. The SMILES string of the molecule is CC1CN(S(=O)(=O)c2ccc(C(=O)O)cc2N)CCS1. The zero-order valence-corrected chi connectivity index (χ0v) is 12.6. The topological polar surface area (TPSA) is 101 Å². The van der Waals surface area contributed by atoms with Crippen molar-refractivity contribution in [2.45, 2.75) is 17.1 Å². The number of nitrogens with two attached hydrogens (primary N) is 1. The lowest BCUT2D eigenvalue weighted by Crippen LogP contribution is -2.41. The summed E-state index contributed by atoms with van der Waals surface area (Å²) in [6.45, 7) is 2.85. The first-order valence-corrected chi connectivity index (χ1v) is 8.56. The first kappa shape index (κ1) is 15.1. The number of aromatic carboxylic acids is 1. The first-order chi connectivity index (χ1) is 9.32. The summed E-state index contributed by atoms with van der Waals surface area (Å²) in [5, 5.41) is 9.10. The van der Waals surface area contributed by atoms with Crippen LogP contribution in [0.15, 0.2) is 23.1 Å². The van der Waals surface area contributed by atoms with E-state index < -0.39 is 16.0 Å². The summed E-state index contributed by atoms with van der Waals surface area (Å²) in [5.74, 6) is -0.392. The van der Waals surface area contributed by atoms with Crippen LogP contribution in [0.25, 0.3) is 0 Å². The second kappa shape index (κ2) is 5.63. The fourth-order valence-corrected chi connectivity index (χ4v) is 4.91. The van der Waals surface area contributed by atoms with Crippen molar-refractivity contribution in [3.05, 3.63) is 23.8 Å². The van der Waals surface area contributed by atoms with Crippen LogP contribution in [0.1, 0.15) is 17.3 Å². The second-order valence-electron chi connectivity index (χ2n) is 4.60. The molecule has 1 heterocycles. The Morgan fingerprint density at radius 2 is 2.20 bits per heavy atom. The number of nitrogen functional groups attached to an aromatic ring is 1. The molecule has 3 N–H and O–H groups in total. The van der Waals surface area contributed by atoms with E-state index in [0.717, 1.165) is 5.75 Å². The van der Waals surface area contributed by atoms with Gasteiger partial charge in [0.25, 0.3) is 0 Å². The van der Waals surface area contributed by atoms with E-state index in [1.165, 1.54) is 22.5 Å². The normalized spacial score (nSPS) is 20.8. The highest BCUT2D eigenvalue weighted by Gasteiger charge is 2.30. The third-order valence-corrected chi connectivity index (χ3v) is 6.15. The minimum Gasteiger partial charge on any atom is -0.478 e. The van der Waals surface area contributed by atoms with Crippen LogP contribution in [0.4, 0.5) is 5.69 Å². The summed E-state index contributed by atoms with van der Waals surface area (Å²) in [4.78, 5) is 10.8. The molecule has 8 heteroatoms. The lowest BCUT2D eigenvalue weighted by molar-refractivity contribution is 0.0697. The van der Waals surface area contributed by atoms with Crippen LogP contribution in [0.5, 0.6) is 0 Å². The van der Waals surface area contributed by atoms with Crippen molar-refractivity contribution >= 4 is 33.4 Å². The van der Waals surface area contributed by atoms with Gasteiger partial charge in [0.15, 0.2) is 0 Å². The third kappa shape index (κ3) is 2.92. The van der Waals surface area contributed by atoms with Crippen LogP contribution in [0.3, 0.4) is 0 Å². The number of anilines is 1. The summed E-state index contributed by atoms with van der Waals surface area (Å²) in [7, 11) is -3.67. The molecule has 1 fully saturated rings. The van der Waals surface area contributed by atoms with Crippen molar-refractivity contribution in [1.29, 1.82) is 0 Å². The number of hydrogen-bond acceptors (Lipinski definition) is 5. The lowest BCUT2D eigenvalue weighted by Gasteiger charge is -2.30. The van der Waals surface area contributed by atoms with Gasteiger partial charge in [-0.05, 0) is 18.2 Å². The molecule has 6 nitrogen and oxygen atoms in total. The maximum Gasteiger partial charge on any atom is 0.335 e. The van der Waals surface area contributed by atoms with Crippen LogP contribution in [-0.2, 0) is 10.0 Å². The molecule has 0 radical (unpaired) electrons. The van der Waals surface area contributed by atoms with Crippen LogP contribution in [-0.4, -0.2) is 47.9 Å². The van der Waals surface area contributed by atoms with Gasteiger partial charge in [-0.3, -0.25) is 0 Å². The Hall–Kier alpha value is -1.25. The van der Waals surface area contributed by atoms with Crippen molar-refractivity contribution in [3.63, 3.8) is 0 Å². The number of sulfonamides is 1. The van der Waals surface area contributed by atoms with E-state index in [4.69, 9.17) is 10.8 Å². The Morgan fingerprint density at radius 3 is 2.75 bits per heavy atom.